The van der Waals surface area contributed by atoms with Crippen molar-refractivity contribution in [1.29, 1.82) is 0 Å². The van der Waals surface area contributed by atoms with Gasteiger partial charge in [0.1, 0.15) is 5.82 Å². The lowest BCUT2D eigenvalue weighted by atomic mass is 9.92. The second-order valence-electron chi connectivity index (χ2n) is 7.72. The number of nitrogens with zero attached hydrogens (tertiary/aromatic N) is 5. The fourth-order valence-electron chi connectivity index (χ4n) is 2.90. The van der Waals surface area contributed by atoms with E-state index in [0.29, 0.717) is 17.3 Å². The number of nitro benzene ring substituents is 1. The van der Waals surface area contributed by atoms with Gasteiger partial charge in [0.25, 0.3) is 5.69 Å². The highest BCUT2D eigenvalue weighted by Gasteiger charge is 2.21. The summed E-state index contributed by atoms with van der Waals surface area (Å²) in [6, 6.07) is 15.9. The van der Waals surface area contributed by atoms with E-state index < -0.39 is 4.92 Å². The van der Waals surface area contributed by atoms with Crippen molar-refractivity contribution in [3.8, 4) is 5.69 Å². The number of rotatable bonds is 4. The van der Waals surface area contributed by atoms with E-state index in [1.807, 2.05) is 30.3 Å². The van der Waals surface area contributed by atoms with Gasteiger partial charge in [-0.1, -0.05) is 32.9 Å². The second kappa shape index (κ2) is 6.97. The van der Waals surface area contributed by atoms with Gasteiger partial charge >= 0.3 is 0 Å². The summed E-state index contributed by atoms with van der Waals surface area (Å²) in [6.45, 7) is 6.24. The molecule has 146 valence electrons. The Morgan fingerprint density at radius 2 is 1.72 bits per heavy atom. The molecule has 0 saturated carbocycles. The third-order valence-corrected chi connectivity index (χ3v) is 4.49. The lowest BCUT2D eigenvalue weighted by Crippen LogP contribution is -2.12. The minimum absolute atomic E-state index is 0.0341. The minimum atomic E-state index is -0.419. The summed E-state index contributed by atoms with van der Waals surface area (Å²) < 4.78 is 1.72. The lowest BCUT2D eigenvalue weighted by molar-refractivity contribution is -0.384. The summed E-state index contributed by atoms with van der Waals surface area (Å²) in [4.78, 5) is 19.6. The summed E-state index contributed by atoms with van der Waals surface area (Å²) in [7, 11) is 0. The minimum Gasteiger partial charge on any atom is -0.324 e. The zero-order chi connectivity index (χ0) is 20.6. The molecule has 4 aromatic rings. The molecule has 0 aliphatic rings. The van der Waals surface area contributed by atoms with E-state index in [2.05, 4.69) is 36.1 Å². The fraction of sp³-hybridized carbons (Fsp3) is 0.190. The van der Waals surface area contributed by atoms with E-state index in [1.54, 1.807) is 23.0 Å². The highest BCUT2D eigenvalue weighted by atomic mass is 16.6. The van der Waals surface area contributed by atoms with Gasteiger partial charge in [-0.05, 0) is 24.3 Å². The molecule has 0 bridgehead atoms. The number of aromatic nitrogens is 4. The van der Waals surface area contributed by atoms with Gasteiger partial charge in [-0.3, -0.25) is 15.1 Å². The summed E-state index contributed by atoms with van der Waals surface area (Å²) >= 11 is 0. The van der Waals surface area contributed by atoms with Crippen molar-refractivity contribution in [3.63, 3.8) is 0 Å². The van der Waals surface area contributed by atoms with Crippen molar-refractivity contribution in [1.82, 2.24) is 19.7 Å². The van der Waals surface area contributed by atoms with E-state index >= 15 is 0 Å². The van der Waals surface area contributed by atoms with Crippen molar-refractivity contribution in [3.05, 3.63) is 76.6 Å². The lowest BCUT2D eigenvalue weighted by Gasteiger charge is -2.14. The Hall–Kier alpha value is -3.81. The van der Waals surface area contributed by atoms with Gasteiger partial charge in [-0.25, -0.2) is 9.67 Å². The molecular formula is C21H20N6O2. The molecular weight excluding hydrogens is 368 g/mol. The summed E-state index contributed by atoms with van der Waals surface area (Å²) in [5.41, 5.74) is 3.06. The summed E-state index contributed by atoms with van der Waals surface area (Å²) in [6.07, 6.45) is 1.67. The molecule has 2 aromatic heterocycles. The van der Waals surface area contributed by atoms with Crippen LogP contribution >= 0.6 is 0 Å². The van der Waals surface area contributed by atoms with Crippen LogP contribution in [0.5, 0.6) is 0 Å². The third-order valence-electron chi connectivity index (χ3n) is 4.49. The molecule has 0 fully saturated rings. The highest BCUT2D eigenvalue weighted by Crippen LogP contribution is 2.28. The second-order valence-corrected chi connectivity index (χ2v) is 7.72. The van der Waals surface area contributed by atoms with Crippen LogP contribution < -0.4 is 5.32 Å². The van der Waals surface area contributed by atoms with Crippen molar-refractivity contribution in [2.24, 2.45) is 0 Å². The van der Waals surface area contributed by atoms with Crippen molar-refractivity contribution >= 4 is 28.4 Å². The predicted molar refractivity (Wildman–Crippen MR) is 112 cm³/mol. The quantitative estimate of drug-likeness (QED) is 0.399. The maximum Gasteiger partial charge on any atom is 0.269 e. The van der Waals surface area contributed by atoms with E-state index in [4.69, 9.17) is 5.10 Å². The summed E-state index contributed by atoms with van der Waals surface area (Å²) in [5.74, 6) is 1.29. The maximum absolute atomic E-state index is 11.0. The zero-order valence-corrected chi connectivity index (χ0v) is 16.3. The third kappa shape index (κ3) is 3.77. The van der Waals surface area contributed by atoms with Gasteiger partial charge in [0, 0.05) is 23.6 Å². The molecule has 0 amide bonds. The number of hydrogen-bond donors (Lipinski definition) is 1. The van der Waals surface area contributed by atoms with Gasteiger partial charge in [0.15, 0.2) is 5.82 Å². The van der Waals surface area contributed by atoms with Crippen molar-refractivity contribution in [2.45, 2.75) is 26.2 Å². The van der Waals surface area contributed by atoms with Gasteiger partial charge in [0.2, 0.25) is 0 Å². The Morgan fingerprint density at radius 1 is 1.03 bits per heavy atom. The Bertz CT molecular complexity index is 1190. The molecule has 29 heavy (non-hydrogen) atoms. The number of para-hydroxylation sites is 2. The average Bonchev–Trinajstić information content (AvgIpc) is 3.12. The fourth-order valence-corrected chi connectivity index (χ4v) is 2.90. The molecule has 8 nitrogen and oxygen atoms in total. The van der Waals surface area contributed by atoms with Crippen LogP contribution in [0.4, 0.5) is 17.3 Å². The first-order chi connectivity index (χ1) is 13.8. The van der Waals surface area contributed by atoms with Gasteiger partial charge in [-0.15, -0.1) is 0 Å². The van der Waals surface area contributed by atoms with Crippen molar-refractivity contribution in [2.75, 3.05) is 5.32 Å². The van der Waals surface area contributed by atoms with Crippen molar-refractivity contribution < 1.29 is 4.92 Å². The molecule has 0 aliphatic carbocycles. The largest absolute Gasteiger partial charge is 0.324 e. The first-order valence-electron chi connectivity index (χ1n) is 9.15. The normalized spacial score (nSPS) is 11.6. The van der Waals surface area contributed by atoms with E-state index in [1.165, 1.54) is 12.1 Å². The van der Waals surface area contributed by atoms with E-state index in [-0.39, 0.29) is 11.1 Å². The van der Waals surface area contributed by atoms with Crippen LogP contribution in [0.15, 0.2) is 60.8 Å². The number of nitrogens with one attached hydrogen (secondary N) is 1. The number of non-ortho nitro benzene ring substituents is 1. The molecule has 1 N–H and O–H groups in total. The Labute approximate surface area is 167 Å². The van der Waals surface area contributed by atoms with Gasteiger partial charge in [0.05, 0.1) is 33.5 Å². The van der Waals surface area contributed by atoms with Crippen LogP contribution in [0, 0.1) is 10.1 Å². The number of nitro groups is 1. The number of fused-ring (bicyclic) bond motifs is 1. The first kappa shape index (κ1) is 18.5. The van der Waals surface area contributed by atoms with Gasteiger partial charge < -0.3 is 5.32 Å². The molecule has 0 aliphatic heterocycles. The molecule has 0 atom stereocenters. The standard InChI is InChI=1S/C21H20N6O2/c1-21(2,3)18-12-20(24-19-13-22-16-6-4-5-7-17(16)23-19)26(25-18)14-8-10-15(11-9-14)27(28)29/h4-13H,1-3H3,(H,23,24). The number of benzene rings is 2. The Balaban J connectivity index is 1.76. The molecule has 2 heterocycles. The Morgan fingerprint density at radius 3 is 2.38 bits per heavy atom. The highest BCUT2D eigenvalue weighted by molar-refractivity contribution is 5.76. The predicted octanol–water partition coefficient (Wildman–Crippen LogP) is 4.76. The zero-order valence-electron chi connectivity index (χ0n) is 16.3. The molecule has 0 saturated heterocycles. The summed E-state index contributed by atoms with van der Waals surface area (Å²) in [5, 5.41) is 19.0. The molecule has 4 rings (SSSR count). The maximum atomic E-state index is 11.0. The first-order valence-corrected chi connectivity index (χ1v) is 9.15. The van der Waals surface area contributed by atoms with Crippen LogP contribution in [0.2, 0.25) is 0 Å². The molecule has 8 heteroatoms. The molecule has 0 radical (unpaired) electrons. The topological polar surface area (TPSA) is 98.8 Å². The molecule has 2 aromatic carbocycles. The van der Waals surface area contributed by atoms with E-state index in [0.717, 1.165) is 16.7 Å². The van der Waals surface area contributed by atoms with Gasteiger partial charge in [-0.2, -0.15) is 5.10 Å². The monoisotopic (exact) mass is 388 g/mol. The smallest absolute Gasteiger partial charge is 0.269 e. The number of hydrogen-bond acceptors (Lipinski definition) is 6. The van der Waals surface area contributed by atoms with Crippen LogP contribution in [0.3, 0.4) is 0 Å². The van der Waals surface area contributed by atoms with Crippen LogP contribution in [-0.4, -0.2) is 24.7 Å². The SMILES string of the molecule is CC(C)(C)c1cc(Nc2cnc3ccccc3n2)n(-c2ccc([N+](=O)[O-])cc2)n1. The molecule has 0 unspecified atom stereocenters. The van der Waals surface area contributed by atoms with E-state index in [9.17, 15) is 10.1 Å². The Kier molecular flexibility index (Phi) is 4.46. The van der Waals surface area contributed by atoms with Crippen LogP contribution in [-0.2, 0) is 5.41 Å². The molecule has 0 spiro atoms. The average molecular weight is 388 g/mol. The number of anilines is 2. The van der Waals surface area contributed by atoms with Crippen LogP contribution in [0.25, 0.3) is 16.7 Å². The van der Waals surface area contributed by atoms with Crippen LogP contribution in [0.1, 0.15) is 26.5 Å².